The van der Waals surface area contributed by atoms with E-state index in [9.17, 15) is 0 Å². The number of hydrogen-bond donors (Lipinski definition) is 0. The van der Waals surface area contributed by atoms with Crippen molar-refractivity contribution in [2.75, 3.05) is 0 Å². The lowest BCUT2D eigenvalue weighted by Gasteiger charge is -2.07. The van der Waals surface area contributed by atoms with E-state index in [1.165, 1.54) is 5.39 Å². The van der Waals surface area contributed by atoms with E-state index in [1.807, 2.05) is 48.7 Å². The van der Waals surface area contributed by atoms with E-state index in [0.717, 1.165) is 44.1 Å². The van der Waals surface area contributed by atoms with Crippen molar-refractivity contribution >= 4 is 32.6 Å². The molecule has 0 radical (unpaired) electrons. The Hall–Kier alpha value is -3.98. The Balaban J connectivity index is 1.60. The molecule has 6 rings (SSSR count). The first-order chi connectivity index (χ1) is 14.4. The predicted molar refractivity (Wildman–Crippen MR) is 118 cm³/mol. The van der Waals surface area contributed by atoms with Crippen molar-refractivity contribution in [3.63, 3.8) is 0 Å². The quantitative estimate of drug-likeness (QED) is 0.333. The molecule has 0 aliphatic heterocycles. The van der Waals surface area contributed by atoms with Crippen LogP contribution in [-0.2, 0) is 0 Å². The van der Waals surface area contributed by atoms with Gasteiger partial charge in [0.15, 0.2) is 5.58 Å². The van der Waals surface area contributed by atoms with Crippen LogP contribution in [0.4, 0.5) is 0 Å². The van der Waals surface area contributed by atoms with Gasteiger partial charge >= 0.3 is 0 Å². The van der Waals surface area contributed by atoms with Crippen LogP contribution in [0.1, 0.15) is 0 Å². The molecule has 0 aliphatic carbocycles. The van der Waals surface area contributed by atoms with Crippen LogP contribution in [0.25, 0.3) is 55.4 Å². The van der Waals surface area contributed by atoms with Gasteiger partial charge in [0, 0.05) is 28.1 Å². The maximum Gasteiger partial charge on any atom is 0.227 e. The summed E-state index contributed by atoms with van der Waals surface area (Å²) in [6.07, 6.45) is 1.87. The Morgan fingerprint density at radius 2 is 1.41 bits per heavy atom. The standard InChI is InChI=1S/C26H16N2O/c1-2-7-19(8-3-1)26-28-25-22-16-20(11-10-18(22)12-13-23(25)29-26)24-21-9-5-4-6-17(21)14-15-27-24/h1-16H. The summed E-state index contributed by atoms with van der Waals surface area (Å²) in [5.41, 5.74) is 4.70. The molecule has 0 unspecified atom stereocenters. The molecule has 2 aromatic heterocycles. The molecule has 29 heavy (non-hydrogen) atoms. The van der Waals surface area contributed by atoms with Crippen LogP contribution in [0.5, 0.6) is 0 Å². The smallest absolute Gasteiger partial charge is 0.227 e. The molecule has 0 aliphatic rings. The maximum atomic E-state index is 6.05. The second-order valence-electron chi connectivity index (χ2n) is 7.11. The minimum Gasteiger partial charge on any atom is -0.436 e. The number of pyridine rings is 1. The molecule has 0 amide bonds. The van der Waals surface area contributed by atoms with Crippen LogP contribution >= 0.6 is 0 Å². The lowest BCUT2D eigenvalue weighted by molar-refractivity contribution is 0.620. The lowest BCUT2D eigenvalue weighted by Crippen LogP contribution is -1.86. The average Bonchev–Trinajstić information content (AvgIpc) is 3.24. The van der Waals surface area contributed by atoms with Crippen molar-refractivity contribution < 1.29 is 4.42 Å². The molecular formula is C26H16N2O. The largest absolute Gasteiger partial charge is 0.436 e. The summed E-state index contributed by atoms with van der Waals surface area (Å²) in [5.74, 6) is 0.641. The number of nitrogens with zero attached hydrogens (tertiary/aromatic N) is 2. The fourth-order valence-corrected chi connectivity index (χ4v) is 3.91. The number of fused-ring (bicyclic) bond motifs is 4. The molecule has 136 valence electrons. The van der Waals surface area contributed by atoms with E-state index in [4.69, 9.17) is 9.40 Å². The molecule has 4 aromatic carbocycles. The molecule has 3 heteroatoms. The summed E-state index contributed by atoms with van der Waals surface area (Å²) in [6.45, 7) is 0. The first-order valence-electron chi connectivity index (χ1n) is 9.60. The zero-order valence-corrected chi connectivity index (χ0v) is 15.5. The van der Waals surface area contributed by atoms with Crippen LogP contribution in [0.2, 0.25) is 0 Å². The Labute approximate surface area is 167 Å². The molecule has 2 heterocycles. The van der Waals surface area contributed by atoms with Gasteiger partial charge in [0.2, 0.25) is 5.89 Å². The molecule has 0 atom stereocenters. The van der Waals surface area contributed by atoms with Crippen molar-refractivity contribution in [2.45, 2.75) is 0 Å². The number of aromatic nitrogens is 2. The van der Waals surface area contributed by atoms with E-state index in [-0.39, 0.29) is 0 Å². The van der Waals surface area contributed by atoms with Gasteiger partial charge in [0.25, 0.3) is 0 Å². The van der Waals surface area contributed by atoms with E-state index < -0.39 is 0 Å². The fourth-order valence-electron chi connectivity index (χ4n) is 3.91. The van der Waals surface area contributed by atoms with Gasteiger partial charge in [0.1, 0.15) is 5.52 Å². The first kappa shape index (κ1) is 16.0. The van der Waals surface area contributed by atoms with Gasteiger partial charge in [-0.1, -0.05) is 60.7 Å². The molecule has 0 saturated carbocycles. The van der Waals surface area contributed by atoms with Gasteiger partial charge in [-0.2, -0.15) is 0 Å². The zero-order chi connectivity index (χ0) is 19.2. The van der Waals surface area contributed by atoms with Crippen molar-refractivity contribution in [1.29, 1.82) is 0 Å². The van der Waals surface area contributed by atoms with Crippen molar-refractivity contribution in [3.05, 3.63) is 97.2 Å². The van der Waals surface area contributed by atoms with Gasteiger partial charge in [-0.05, 0) is 41.1 Å². The van der Waals surface area contributed by atoms with Crippen LogP contribution < -0.4 is 0 Å². The van der Waals surface area contributed by atoms with Crippen molar-refractivity contribution in [2.24, 2.45) is 0 Å². The second-order valence-corrected chi connectivity index (χ2v) is 7.11. The highest BCUT2D eigenvalue weighted by Gasteiger charge is 2.13. The van der Waals surface area contributed by atoms with Gasteiger partial charge in [-0.25, -0.2) is 4.98 Å². The van der Waals surface area contributed by atoms with E-state index in [0.29, 0.717) is 5.89 Å². The lowest BCUT2D eigenvalue weighted by atomic mass is 10.0. The third-order valence-electron chi connectivity index (χ3n) is 5.34. The Kier molecular flexibility index (Phi) is 3.47. The summed E-state index contributed by atoms with van der Waals surface area (Å²) in [4.78, 5) is 9.49. The maximum absolute atomic E-state index is 6.05. The molecule has 0 fully saturated rings. The molecule has 0 saturated heterocycles. The highest BCUT2D eigenvalue weighted by atomic mass is 16.3. The molecule has 3 nitrogen and oxygen atoms in total. The van der Waals surface area contributed by atoms with Gasteiger partial charge in [-0.15, -0.1) is 0 Å². The predicted octanol–water partition coefficient (Wildman–Crippen LogP) is 6.86. The summed E-state index contributed by atoms with van der Waals surface area (Å²) in [6, 6.07) is 30.9. The summed E-state index contributed by atoms with van der Waals surface area (Å²) in [5, 5.41) is 4.53. The topological polar surface area (TPSA) is 38.9 Å². The number of oxazole rings is 1. The van der Waals surface area contributed by atoms with E-state index in [1.54, 1.807) is 0 Å². The van der Waals surface area contributed by atoms with Crippen LogP contribution in [0.15, 0.2) is 102 Å². The second kappa shape index (κ2) is 6.28. The summed E-state index contributed by atoms with van der Waals surface area (Å²) < 4.78 is 6.05. The number of rotatable bonds is 2. The summed E-state index contributed by atoms with van der Waals surface area (Å²) in [7, 11) is 0. The van der Waals surface area contributed by atoms with Crippen molar-refractivity contribution in [3.8, 4) is 22.7 Å². The first-order valence-corrected chi connectivity index (χ1v) is 9.60. The van der Waals surface area contributed by atoms with Gasteiger partial charge in [0.05, 0.1) is 5.69 Å². The normalized spacial score (nSPS) is 11.4. The van der Waals surface area contributed by atoms with Crippen LogP contribution in [0, 0.1) is 0 Å². The van der Waals surface area contributed by atoms with Crippen LogP contribution in [0.3, 0.4) is 0 Å². The van der Waals surface area contributed by atoms with E-state index >= 15 is 0 Å². The number of hydrogen-bond acceptors (Lipinski definition) is 3. The van der Waals surface area contributed by atoms with E-state index in [2.05, 4.69) is 53.5 Å². The SMILES string of the molecule is c1ccc(-c2nc3c(ccc4ccc(-c5nccc6ccccc56)cc43)o2)cc1. The van der Waals surface area contributed by atoms with Gasteiger partial charge < -0.3 is 4.42 Å². The highest BCUT2D eigenvalue weighted by Crippen LogP contribution is 2.33. The Morgan fingerprint density at radius 3 is 2.34 bits per heavy atom. The average molecular weight is 372 g/mol. The van der Waals surface area contributed by atoms with Crippen LogP contribution in [-0.4, -0.2) is 9.97 Å². The van der Waals surface area contributed by atoms with Gasteiger partial charge in [-0.3, -0.25) is 4.98 Å². The molecule has 0 bridgehead atoms. The number of benzene rings is 4. The molecule has 0 N–H and O–H groups in total. The third-order valence-corrected chi connectivity index (χ3v) is 5.34. The molecular weight excluding hydrogens is 356 g/mol. The molecule has 0 spiro atoms. The third kappa shape index (κ3) is 2.59. The zero-order valence-electron chi connectivity index (χ0n) is 15.5. The van der Waals surface area contributed by atoms with Crippen molar-refractivity contribution in [1.82, 2.24) is 9.97 Å². The highest BCUT2D eigenvalue weighted by molar-refractivity contribution is 6.06. The Bertz CT molecular complexity index is 1490. The molecule has 6 aromatic rings. The minimum atomic E-state index is 0.641. The fraction of sp³-hybridized carbons (Fsp3) is 0. The monoisotopic (exact) mass is 372 g/mol. The Morgan fingerprint density at radius 1 is 0.621 bits per heavy atom. The summed E-state index contributed by atoms with van der Waals surface area (Å²) >= 11 is 0. The minimum absolute atomic E-state index is 0.641.